The van der Waals surface area contributed by atoms with E-state index in [-0.39, 0.29) is 15.8 Å². The first-order valence-electron chi connectivity index (χ1n) is 6.24. The first kappa shape index (κ1) is 16.1. The summed E-state index contributed by atoms with van der Waals surface area (Å²) in [6.45, 7) is 5.63. The maximum absolute atomic E-state index is 12.4. The molecule has 114 valence electrons. The van der Waals surface area contributed by atoms with E-state index in [9.17, 15) is 8.42 Å². The number of hydrogen-bond donors (Lipinski definition) is 2. The van der Waals surface area contributed by atoms with Gasteiger partial charge in [-0.2, -0.15) is 0 Å². The van der Waals surface area contributed by atoms with Gasteiger partial charge >= 0.3 is 0 Å². The third kappa shape index (κ3) is 3.48. The number of rotatable bonds is 4. The number of nitrogen functional groups attached to an aromatic ring is 1. The zero-order valence-corrected chi connectivity index (χ0v) is 14.2. The van der Waals surface area contributed by atoms with Gasteiger partial charge in [0.05, 0.1) is 10.6 Å². The lowest BCUT2D eigenvalue weighted by molar-refractivity contribution is 0.600. The second kappa shape index (κ2) is 5.82. The van der Waals surface area contributed by atoms with Gasteiger partial charge < -0.3 is 5.73 Å². The van der Waals surface area contributed by atoms with Crippen molar-refractivity contribution < 1.29 is 8.42 Å². The molecule has 8 heteroatoms. The topological polar surface area (TPSA) is 85.1 Å². The van der Waals surface area contributed by atoms with Crippen molar-refractivity contribution >= 4 is 43.8 Å². The van der Waals surface area contributed by atoms with E-state index in [2.05, 4.69) is 9.71 Å². The molecule has 0 aliphatic carbocycles. The first-order chi connectivity index (χ1) is 9.70. The zero-order valence-electron chi connectivity index (χ0n) is 11.8. The molecular weight excluding hydrogens is 330 g/mol. The maximum Gasteiger partial charge on any atom is 0.264 e. The summed E-state index contributed by atoms with van der Waals surface area (Å²) in [6, 6.07) is 2.91. The third-order valence-electron chi connectivity index (χ3n) is 2.99. The lowest BCUT2D eigenvalue weighted by Gasteiger charge is -2.11. The van der Waals surface area contributed by atoms with Crippen LogP contribution in [0.1, 0.15) is 31.0 Å². The number of hydrogen-bond acceptors (Lipinski definition) is 5. The van der Waals surface area contributed by atoms with Crippen molar-refractivity contribution in [1.29, 1.82) is 0 Å². The highest BCUT2D eigenvalue weighted by Gasteiger charge is 2.21. The molecule has 0 aliphatic heterocycles. The van der Waals surface area contributed by atoms with E-state index >= 15 is 0 Å². The first-order valence-corrected chi connectivity index (χ1v) is 8.98. The number of benzene rings is 1. The van der Waals surface area contributed by atoms with E-state index in [1.165, 1.54) is 23.5 Å². The highest BCUT2D eigenvalue weighted by atomic mass is 35.5. The van der Waals surface area contributed by atoms with Gasteiger partial charge in [0, 0.05) is 16.1 Å². The summed E-state index contributed by atoms with van der Waals surface area (Å²) in [5.41, 5.74) is 7.42. The van der Waals surface area contributed by atoms with Crippen LogP contribution in [0.2, 0.25) is 5.02 Å². The number of nitrogens with two attached hydrogens (primary N) is 1. The molecule has 0 saturated carbocycles. The molecule has 0 spiro atoms. The van der Waals surface area contributed by atoms with Crippen LogP contribution in [0, 0.1) is 6.92 Å². The summed E-state index contributed by atoms with van der Waals surface area (Å²) in [7, 11) is -3.77. The predicted molar refractivity (Wildman–Crippen MR) is 87.6 cm³/mol. The Morgan fingerprint density at radius 2 is 2.05 bits per heavy atom. The summed E-state index contributed by atoms with van der Waals surface area (Å²) in [5.74, 6) is 0.239. The molecular formula is C13H16ClN3O2S2. The zero-order chi connectivity index (χ0) is 15.8. The number of nitrogens with zero attached hydrogens (tertiary/aromatic N) is 1. The highest BCUT2D eigenvalue weighted by molar-refractivity contribution is 7.93. The molecule has 1 aromatic carbocycles. The van der Waals surface area contributed by atoms with Gasteiger partial charge in [-0.3, -0.25) is 4.72 Å². The van der Waals surface area contributed by atoms with Crippen molar-refractivity contribution in [2.45, 2.75) is 31.6 Å². The lowest BCUT2D eigenvalue weighted by atomic mass is 10.2. The van der Waals surface area contributed by atoms with Gasteiger partial charge in [0.2, 0.25) is 0 Å². The minimum absolute atomic E-state index is 0.0637. The second-order valence-corrected chi connectivity index (χ2v) is 7.90. The number of thiazole rings is 1. The number of halogens is 1. The second-order valence-electron chi connectivity index (χ2n) is 4.96. The molecule has 1 aromatic heterocycles. The molecule has 0 bridgehead atoms. The Kier molecular flexibility index (Phi) is 4.46. The molecule has 0 saturated heterocycles. The van der Waals surface area contributed by atoms with Crippen LogP contribution in [0.25, 0.3) is 0 Å². The lowest BCUT2D eigenvalue weighted by Crippen LogP contribution is -2.15. The Labute approximate surface area is 133 Å². The summed E-state index contributed by atoms with van der Waals surface area (Å²) in [5, 5.41) is 2.44. The van der Waals surface area contributed by atoms with Crippen molar-refractivity contribution in [3.63, 3.8) is 0 Å². The quantitative estimate of drug-likeness (QED) is 0.829. The number of nitrogens with one attached hydrogen (secondary N) is 1. The molecule has 0 radical (unpaired) electrons. The fraction of sp³-hybridized carbons (Fsp3) is 0.308. The smallest absolute Gasteiger partial charge is 0.264 e. The van der Waals surface area contributed by atoms with Gasteiger partial charge in [-0.05, 0) is 30.5 Å². The average Bonchev–Trinajstić information content (AvgIpc) is 2.81. The Morgan fingerprint density at radius 1 is 1.38 bits per heavy atom. The van der Waals surface area contributed by atoms with E-state index in [1.807, 2.05) is 19.2 Å². The fourth-order valence-corrected chi connectivity index (χ4v) is 4.44. The molecule has 21 heavy (non-hydrogen) atoms. The van der Waals surface area contributed by atoms with Crippen molar-refractivity contribution in [1.82, 2.24) is 4.98 Å². The SMILES string of the molecule is Cc1c(N)cc(Cl)cc1S(=O)(=O)Nc1nc(C(C)C)cs1. The molecule has 2 rings (SSSR count). The number of anilines is 2. The van der Waals surface area contributed by atoms with Crippen LogP contribution in [0.15, 0.2) is 22.4 Å². The molecule has 0 atom stereocenters. The van der Waals surface area contributed by atoms with E-state index < -0.39 is 10.0 Å². The molecule has 1 heterocycles. The predicted octanol–water partition coefficient (Wildman–Crippen LogP) is 3.61. The van der Waals surface area contributed by atoms with Crippen LogP contribution >= 0.6 is 22.9 Å². The van der Waals surface area contributed by atoms with Crippen molar-refractivity contribution in [2.24, 2.45) is 0 Å². The van der Waals surface area contributed by atoms with E-state index in [1.54, 1.807) is 6.92 Å². The van der Waals surface area contributed by atoms with Gasteiger partial charge in [0.25, 0.3) is 10.0 Å². The molecule has 5 nitrogen and oxygen atoms in total. The summed E-state index contributed by atoms with van der Waals surface area (Å²) >= 11 is 7.14. The standard InChI is InChI=1S/C13H16ClN3O2S2/c1-7(2)11-6-20-13(16-11)17-21(18,19)12-5-9(14)4-10(15)8(12)3/h4-7H,15H2,1-3H3,(H,16,17). The highest BCUT2D eigenvalue weighted by Crippen LogP contribution is 2.29. The monoisotopic (exact) mass is 345 g/mol. The minimum atomic E-state index is -3.77. The summed E-state index contributed by atoms with van der Waals surface area (Å²) < 4.78 is 27.4. The Hall–Kier alpha value is -1.31. The van der Waals surface area contributed by atoms with E-state index in [0.29, 0.717) is 16.4 Å². The normalized spacial score (nSPS) is 11.9. The van der Waals surface area contributed by atoms with E-state index in [0.717, 1.165) is 5.69 Å². The summed E-state index contributed by atoms with van der Waals surface area (Å²) in [4.78, 5) is 4.32. The third-order valence-corrected chi connectivity index (χ3v) is 5.58. The molecule has 0 aliphatic rings. The van der Waals surface area contributed by atoms with Crippen LogP contribution in [-0.2, 0) is 10.0 Å². The van der Waals surface area contributed by atoms with Crippen LogP contribution in [0.5, 0.6) is 0 Å². The van der Waals surface area contributed by atoms with Crippen molar-refractivity contribution in [2.75, 3.05) is 10.5 Å². The van der Waals surface area contributed by atoms with Crippen molar-refractivity contribution in [3.8, 4) is 0 Å². The van der Waals surface area contributed by atoms with E-state index in [4.69, 9.17) is 17.3 Å². The molecule has 0 fully saturated rings. The van der Waals surface area contributed by atoms with Crippen LogP contribution in [-0.4, -0.2) is 13.4 Å². The van der Waals surface area contributed by atoms with Crippen LogP contribution < -0.4 is 10.5 Å². The van der Waals surface area contributed by atoms with Gasteiger partial charge in [-0.1, -0.05) is 25.4 Å². The van der Waals surface area contributed by atoms with Crippen molar-refractivity contribution in [3.05, 3.63) is 33.8 Å². The Balaban J connectivity index is 2.38. The number of aromatic nitrogens is 1. The molecule has 2 aromatic rings. The summed E-state index contributed by atoms with van der Waals surface area (Å²) in [6.07, 6.45) is 0. The van der Waals surface area contributed by atoms with Gasteiger partial charge in [0.15, 0.2) is 5.13 Å². The Morgan fingerprint density at radius 3 is 2.62 bits per heavy atom. The average molecular weight is 346 g/mol. The largest absolute Gasteiger partial charge is 0.398 e. The van der Waals surface area contributed by atoms with Gasteiger partial charge in [0.1, 0.15) is 0 Å². The van der Waals surface area contributed by atoms with Crippen LogP contribution in [0.3, 0.4) is 0 Å². The maximum atomic E-state index is 12.4. The van der Waals surface area contributed by atoms with Gasteiger partial charge in [-0.25, -0.2) is 13.4 Å². The molecule has 0 unspecified atom stereocenters. The van der Waals surface area contributed by atoms with Gasteiger partial charge in [-0.15, -0.1) is 11.3 Å². The fourth-order valence-electron chi connectivity index (χ4n) is 1.72. The van der Waals surface area contributed by atoms with Crippen LogP contribution in [0.4, 0.5) is 10.8 Å². The Bertz CT molecular complexity index is 770. The minimum Gasteiger partial charge on any atom is -0.398 e. The molecule has 3 N–H and O–H groups in total. The molecule has 0 amide bonds. The number of sulfonamides is 1.